The largest absolute Gasteiger partial charge is 0.495 e. The molecule has 6 nitrogen and oxygen atoms in total. The van der Waals surface area contributed by atoms with Gasteiger partial charge in [0.15, 0.2) is 0 Å². The molecule has 0 bridgehead atoms. The van der Waals surface area contributed by atoms with E-state index in [0.717, 1.165) is 16.5 Å². The minimum atomic E-state index is -0.444. The summed E-state index contributed by atoms with van der Waals surface area (Å²) in [6.45, 7) is 1.88. The Morgan fingerprint density at radius 3 is 2.63 bits per heavy atom. The fourth-order valence-electron chi connectivity index (χ4n) is 2.92. The maximum atomic E-state index is 12.6. The zero-order chi connectivity index (χ0) is 19.6. The second-order valence-electron chi connectivity index (χ2n) is 6.03. The first kappa shape index (κ1) is 18.8. The Hall–Kier alpha value is -2.99. The fraction of sp³-hybridized carbons (Fsp3) is 0.200. The Labute approximate surface area is 161 Å². The molecule has 0 saturated carbocycles. The van der Waals surface area contributed by atoms with E-state index in [1.54, 1.807) is 22.9 Å². The van der Waals surface area contributed by atoms with Gasteiger partial charge in [0.2, 0.25) is 5.91 Å². The fourth-order valence-corrected chi connectivity index (χ4v) is 3.08. The number of nitrogens with zero attached hydrogens (tertiary/aromatic N) is 1. The van der Waals surface area contributed by atoms with Gasteiger partial charge in [0, 0.05) is 28.2 Å². The van der Waals surface area contributed by atoms with E-state index < -0.39 is 5.97 Å². The molecule has 0 saturated heterocycles. The van der Waals surface area contributed by atoms with Crippen LogP contribution in [0.5, 0.6) is 5.75 Å². The number of amides is 1. The van der Waals surface area contributed by atoms with E-state index in [-0.39, 0.29) is 12.5 Å². The van der Waals surface area contributed by atoms with Gasteiger partial charge in [0.25, 0.3) is 0 Å². The zero-order valence-corrected chi connectivity index (χ0v) is 16.0. The smallest absolute Gasteiger partial charge is 0.340 e. The van der Waals surface area contributed by atoms with Gasteiger partial charge in [-0.2, -0.15) is 0 Å². The Morgan fingerprint density at radius 2 is 1.93 bits per heavy atom. The number of nitrogens with one attached hydrogen (secondary N) is 1. The molecule has 0 atom stereocenters. The molecule has 3 rings (SSSR count). The van der Waals surface area contributed by atoms with Gasteiger partial charge < -0.3 is 19.4 Å². The average molecular weight is 387 g/mol. The first-order chi connectivity index (χ1) is 12.9. The first-order valence-corrected chi connectivity index (χ1v) is 8.62. The van der Waals surface area contributed by atoms with Gasteiger partial charge in [0.1, 0.15) is 12.3 Å². The number of aromatic nitrogens is 1. The highest BCUT2D eigenvalue weighted by Gasteiger charge is 2.17. The van der Waals surface area contributed by atoms with Gasteiger partial charge in [-0.1, -0.05) is 29.8 Å². The molecule has 0 aliphatic heterocycles. The molecule has 3 aromatic rings. The van der Waals surface area contributed by atoms with Crippen molar-refractivity contribution in [2.45, 2.75) is 13.5 Å². The molecular formula is C20H19ClN2O4. The molecule has 0 unspecified atom stereocenters. The number of benzene rings is 2. The Bertz CT molecular complexity index is 1030. The quantitative estimate of drug-likeness (QED) is 0.672. The van der Waals surface area contributed by atoms with Crippen LogP contribution >= 0.6 is 11.6 Å². The van der Waals surface area contributed by atoms with Gasteiger partial charge >= 0.3 is 5.97 Å². The average Bonchev–Trinajstić information content (AvgIpc) is 3.02. The highest BCUT2D eigenvalue weighted by molar-refractivity contribution is 6.31. The first-order valence-electron chi connectivity index (χ1n) is 8.24. The van der Waals surface area contributed by atoms with Crippen molar-refractivity contribution in [1.82, 2.24) is 4.57 Å². The molecular weight excluding hydrogens is 368 g/mol. The minimum absolute atomic E-state index is 0.0301. The van der Waals surface area contributed by atoms with E-state index in [1.807, 2.05) is 31.2 Å². The van der Waals surface area contributed by atoms with Gasteiger partial charge in [-0.3, -0.25) is 4.79 Å². The lowest BCUT2D eigenvalue weighted by Gasteiger charge is -2.13. The number of ether oxygens (including phenoxy) is 2. The van der Waals surface area contributed by atoms with Crippen LogP contribution in [-0.2, 0) is 16.1 Å². The number of carbonyl (C=O) groups is 2. The number of rotatable bonds is 5. The second-order valence-corrected chi connectivity index (χ2v) is 6.44. The molecule has 2 aromatic carbocycles. The Morgan fingerprint density at radius 1 is 1.19 bits per heavy atom. The van der Waals surface area contributed by atoms with E-state index in [0.29, 0.717) is 22.0 Å². The van der Waals surface area contributed by atoms with Crippen molar-refractivity contribution in [3.05, 3.63) is 58.7 Å². The molecule has 0 spiro atoms. The molecule has 1 amide bonds. The number of esters is 1. The summed E-state index contributed by atoms with van der Waals surface area (Å²) in [6.07, 6.45) is 1.63. The highest BCUT2D eigenvalue weighted by atomic mass is 35.5. The van der Waals surface area contributed by atoms with Crippen LogP contribution in [0.4, 0.5) is 5.69 Å². The lowest BCUT2D eigenvalue weighted by Crippen LogP contribution is -2.19. The predicted octanol–water partition coefficient (Wildman–Crippen LogP) is 4.04. The molecule has 1 N–H and O–H groups in total. The maximum Gasteiger partial charge on any atom is 0.340 e. The lowest BCUT2D eigenvalue weighted by atomic mass is 10.2. The van der Waals surface area contributed by atoms with Crippen molar-refractivity contribution in [3.8, 4) is 5.75 Å². The maximum absolute atomic E-state index is 12.6. The number of fused-ring (bicyclic) bond motifs is 1. The monoisotopic (exact) mass is 386 g/mol. The predicted molar refractivity (Wildman–Crippen MR) is 105 cm³/mol. The molecule has 0 fully saturated rings. The summed E-state index contributed by atoms with van der Waals surface area (Å²) < 4.78 is 11.8. The molecule has 1 heterocycles. The number of halogens is 1. The summed E-state index contributed by atoms with van der Waals surface area (Å²) in [5, 5.41) is 4.13. The van der Waals surface area contributed by atoms with Crippen LogP contribution in [0.25, 0.3) is 10.9 Å². The third-order valence-corrected chi connectivity index (χ3v) is 4.67. The summed E-state index contributed by atoms with van der Waals surface area (Å²) in [5.41, 5.74) is 2.55. The van der Waals surface area contributed by atoms with Crippen molar-refractivity contribution in [2.75, 3.05) is 19.5 Å². The molecule has 0 aliphatic rings. The number of para-hydroxylation sites is 1. The summed E-state index contributed by atoms with van der Waals surface area (Å²) in [4.78, 5) is 24.6. The molecule has 1 aromatic heterocycles. The number of aryl methyl sites for hydroxylation is 1. The summed E-state index contributed by atoms with van der Waals surface area (Å²) in [7, 11) is 2.84. The summed E-state index contributed by atoms with van der Waals surface area (Å²) in [5.74, 6) is -0.223. The zero-order valence-electron chi connectivity index (χ0n) is 15.2. The summed E-state index contributed by atoms with van der Waals surface area (Å²) in [6, 6.07) is 10.8. The number of carbonyl (C=O) groups excluding carboxylic acids is 2. The molecule has 140 valence electrons. The minimum Gasteiger partial charge on any atom is -0.495 e. The SMILES string of the molecule is COC(=O)c1cn(CC(=O)Nc2cc(C)c(Cl)cc2OC)c2ccccc12. The normalized spacial score (nSPS) is 10.7. The number of hydrogen-bond acceptors (Lipinski definition) is 4. The van der Waals surface area contributed by atoms with E-state index in [9.17, 15) is 9.59 Å². The van der Waals surface area contributed by atoms with Gasteiger partial charge in [-0.25, -0.2) is 4.79 Å². The van der Waals surface area contributed by atoms with E-state index in [2.05, 4.69) is 5.32 Å². The topological polar surface area (TPSA) is 69.6 Å². The highest BCUT2D eigenvalue weighted by Crippen LogP contribution is 2.31. The van der Waals surface area contributed by atoms with Crippen LogP contribution in [0.1, 0.15) is 15.9 Å². The molecule has 7 heteroatoms. The van der Waals surface area contributed by atoms with E-state index in [1.165, 1.54) is 14.2 Å². The van der Waals surface area contributed by atoms with Crippen LogP contribution in [-0.4, -0.2) is 30.7 Å². The van der Waals surface area contributed by atoms with Gasteiger partial charge in [-0.15, -0.1) is 0 Å². The van der Waals surface area contributed by atoms with Crippen LogP contribution in [0.3, 0.4) is 0 Å². The van der Waals surface area contributed by atoms with Crippen LogP contribution < -0.4 is 10.1 Å². The van der Waals surface area contributed by atoms with Crippen LogP contribution in [0.2, 0.25) is 5.02 Å². The summed E-state index contributed by atoms with van der Waals surface area (Å²) >= 11 is 6.10. The van der Waals surface area contributed by atoms with Crippen molar-refractivity contribution in [2.24, 2.45) is 0 Å². The van der Waals surface area contributed by atoms with Crippen LogP contribution in [0, 0.1) is 6.92 Å². The standard InChI is InChI=1S/C20H19ClN2O4/c1-12-8-16(18(26-2)9-15(12)21)22-19(24)11-23-10-14(20(25)27-3)13-6-4-5-7-17(13)23/h4-10H,11H2,1-3H3,(H,22,24). The van der Waals surface area contributed by atoms with Crippen LogP contribution in [0.15, 0.2) is 42.6 Å². The van der Waals surface area contributed by atoms with Crippen molar-refractivity contribution >= 4 is 40.1 Å². The lowest BCUT2D eigenvalue weighted by molar-refractivity contribution is -0.116. The van der Waals surface area contributed by atoms with Crippen molar-refractivity contribution in [1.29, 1.82) is 0 Å². The number of hydrogen-bond donors (Lipinski definition) is 1. The Kier molecular flexibility index (Phi) is 5.37. The van der Waals surface area contributed by atoms with E-state index in [4.69, 9.17) is 21.1 Å². The number of methoxy groups -OCH3 is 2. The third kappa shape index (κ3) is 3.75. The van der Waals surface area contributed by atoms with Crippen molar-refractivity contribution in [3.63, 3.8) is 0 Å². The van der Waals surface area contributed by atoms with E-state index >= 15 is 0 Å². The molecule has 0 aliphatic carbocycles. The van der Waals surface area contributed by atoms with Gasteiger partial charge in [0.05, 0.1) is 25.5 Å². The second kappa shape index (κ2) is 7.72. The number of anilines is 1. The molecule has 0 radical (unpaired) electrons. The molecule has 27 heavy (non-hydrogen) atoms. The Balaban J connectivity index is 1.89. The van der Waals surface area contributed by atoms with Crippen molar-refractivity contribution < 1.29 is 19.1 Å². The van der Waals surface area contributed by atoms with Gasteiger partial charge in [-0.05, 0) is 24.6 Å². The third-order valence-electron chi connectivity index (χ3n) is 4.26.